The topological polar surface area (TPSA) is 53.5 Å². The Morgan fingerprint density at radius 3 is 2.62 bits per heavy atom. The standard InChI is InChI=1S/C25H28FN5O/c1-32-23-7-6-20(26)14-22(23)29-24-15-25(28-17-27-24)30-12-9-21(10-13-30)31-11-8-18-4-2-3-5-19(18)16-31/h2-7,14-15,17,21H,8-13,16H2,1H3,(H,27,28,29). The average molecular weight is 434 g/mol. The van der Waals surface area contributed by atoms with Crippen LogP contribution in [0.2, 0.25) is 0 Å². The normalized spacial score (nSPS) is 17.1. The minimum Gasteiger partial charge on any atom is -0.495 e. The molecule has 1 saturated heterocycles. The van der Waals surface area contributed by atoms with Gasteiger partial charge < -0.3 is 15.0 Å². The van der Waals surface area contributed by atoms with Crippen molar-refractivity contribution in [3.8, 4) is 5.75 Å². The lowest BCUT2D eigenvalue weighted by Gasteiger charge is -2.41. The van der Waals surface area contributed by atoms with Crippen LogP contribution in [-0.4, -0.2) is 47.7 Å². The van der Waals surface area contributed by atoms with E-state index in [2.05, 4.69) is 49.4 Å². The van der Waals surface area contributed by atoms with Crippen LogP contribution < -0.4 is 15.0 Å². The van der Waals surface area contributed by atoms with Gasteiger partial charge in [0.25, 0.3) is 0 Å². The number of hydrogen-bond acceptors (Lipinski definition) is 6. The van der Waals surface area contributed by atoms with Gasteiger partial charge in [-0.3, -0.25) is 4.90 Å². The van der Waals surface area contributed by atoms with Crippen LogP contribution >= 0.6 is 0 Å². The maximum absolute atomic E-state index is 13.7. The molecule has 7 heteroatoms. The lowest BCUT2D eigenvalue weighted by atomic mass is 9.95. The van der Waals surface area contributed by atoms with Gasteiger partial charge in [0, 0.05) is 44.4 Å². The first-order valence-electron chi connectivity index (χ1n) is 11.2. The summed E-state index contributed by atoms with van der Waals surface area (Å²) in [7, 11) is 1.56. The van der Waals surface area contributed by atoms with Crippen molar-refractivity contribution in [3.63, 3.8) is 0 Å². The number of piperidine rings is 1. The smallest absolute Gasteiger partial charge is 0.142 e. The summed E-state index contributed by atoms with van der Waals surface area (Å²) in [6, 6.07) is 15.7. The first kappa shape index (κ1) is 20.7. The Morgan fingerprint density at radius 2 is 1.81 bits per heavy atom. The van der Waals surface area contributed by atoms with E-state index in [1.807, 2.05) is 6.07 Å². The fourth-order valence-electron chi connectivity index (χ4n) is 4.79. The fourth-order valence-corrected chi connectivity index (χ4v) is 4.79. The van der Waals surface area contributed by atoms with E-state index in [-0.39, 0.29) is 5.82 Å². The number of aromatic nitrogens is 2. The number of ether oxygens (including phenoxy) is 1. The molecule has 0 amide bonds. The Bertz CT molecular complexity index is 1080. The predicted octanol–water partition coefficient (Wildman–Crippen LogP) is 4.40. The summed E-state index contributed by atoms with van der Waals surface area (Å²) in [4.78, 5) is 13.7. The average Bonchev–Trinajstić information content (AvgIpc) is 2.84. The first-order chi connectivity index (χ1) is 15.7. The molecule has 0 atom stereocenters. The maximum atomic E-state index is 13.7. The summed E-state index contributed by atoms with van der Waals surface area (Å²) in [6.07, 6.45) is 4.93. The Morgan fingerprint density at radius 1 is 1.00 bits per heavy atom. The van der Waals surface area contributed by atoms with E-state index in [1.54, 1.807) is 19.5 Å². The van der Waals surface area contributed by atoms with E-state index in [9.17, 15) is 4.39 Å². The molecular formula is C25H28FN5O. The summed E-state index contributed by atoms with van der Waals surface area (Å²) in [5, 5.41) is 3.16. The number of hydrogen-bond donors (Lipinski definition) is 1. The number of nitrogens with one attached hydrogen (secondary N) is 1. The SMILES string of the molecule is COc1ccc(F)cc1Nc1cc(N2CCC(N3CCc4ccccc4C3)CC2)ncn1. The molecule has 1 aromatic heterocycles. The van der Waals surface area contributed by atoms with Crippen LogP contribution in [0.1, 0.15) is 24.0 Å². The van der Waals surface area contributed by atoms with Crippen LogP contribution in [-0.2, 0) is 13.0 Å². The van der Waals surface area contributed by atoms with Crippen LogP contribution in [0.25, 0.3) is 0 Å². The summed E-state index contributed by atoms with van der Waals surface area (Å²) in [6.45, 7) is 4.11. The molecular weight excluding hydrogens is 405 g/mol. The molecule has 2 aliphatic heterocycles. The highest BCUT2D eigenvalue weighted by molar-refractivity contribution is 5.65. The van der Waals surface area contributed by atoms with E-state index in [0.29, 0.717) is 23.3 Å². The van der Waals surface area contributed by atoms with Crippen molar-refractivity contribution in [1.82, 2.24) is 14.9 Å². The molecule has 2 aromatic carbocycles. The molecule has 1 N–H and O–H groups in total. The van der Waals surface area contributed by atoms with Crippen molar-refractivity contribution in [2.75, 3.05) is 37.0 Å². The van der Waals surface area contributed by atoms with Gasteiger partial charge in [0.15, 0.2) is 0 Å². The number of anilines is 3. The van der Waals surface area contributed by atoms with Crippen molar-refractivity contribution in [1.29, 1.82) is 0 Å². The third kappa shape index (κ3) is 4.39. The third-order valence-corrected chi connectivity index (χ3v) is 6.54. The molecule has 32 heavy (non-hydrogen) atoms. The van der Waals surface area contributed by atoms with Crippen LogP contribution in [0.3, 0.4) is 0 Å². The van der Waals surface area contributed by atoms with E-state index < -0.39 is 0 Å². The molecule has 166 valence electrons. The summed E-state index contributed by atoms with van der Waals surface area (Å²) >= 11 is 0. The highest BCUT2D eigenvalue weighted by Crippen LogP contribution is 2.30. The molecule has 0 spiro atoms. The van der Waals surface area contributed by atoms with Gasteiger partial charge in [-0.25, -0.2) is 14.4 Å². The van der Waals surface area contributed by atoms with Gasteiger partial charge in [-0.15, -0.1) is 0 Å². The van der Waals surface area contributed by atoms with E-state index >= 15 is 0 Å². The van der Waals surface area contributed by atoms with Crippen molar-refractivity contribution < 1.29 is 9.13 Å². The molecule has 3 aromatic rings. The van der Waals surface area contributed by atoms with E-state index in [4.69, 9.17) is 4.74 Å². The van der Waals surface area contributed by atoms with Crippen molar-refractivity contribution in [2.45, 2.75) is 31.8 Å². The molecule has 0 saturated carbocycles. The van der Waals surface area contributed by atoms with Crippen LogP contribution in [0.4, 0.5) is 21.7 Å². The Kier molecular flexibility index (Phi) is 5.90. The van der Waals surface area contributed by atoms with Crippen molar-refractivity contribution >= 4 is 17.3 Å². The first-order valence-corrected chi connectivity index (χ1v) is 11.2. The van der Waals surface area contributed by atoms with Gasteiger partial charge in [0.1, 0.15) is 29.5 Å². The number of rotatable bonds is 5. The van der Waals surface area contributed by atoms with Gasteiger partial charge in [-0.1, -0.05) is 24.3 Å². The highest BCUT2D eigenvalue weighted by atomic mass is 19.1. The summed E-state index contributed by atoms with van der Waals surface area (Å²) < 4.78 is 19.0. The molecule has 0 radical (unpaired) electrons. The Hall–Kier alpha value is -3.19. The van der Waals surface area contributed by atoms with Gasteiger partial charge in [-0.05, 0) is 42.5 Å². The van der Waals surface area contributed by atoms with Gasteiger partial charge in [0.05, 0.1) is 12.8 Å². The molecule has 0 bridgehead atoms. The van der Waals surface area contributed by atoms with Gasteiger partial charge in [0.2, 0.25) is 0 Å². The van der Waals surface area contributed by atoms with Crippen LogP contribution in [0.15, 0.2) is 54.9 Å². The number of fused-ring (bicyclic) bond motifs is 1. The van der Waals surface area contributed by atoms with Crippen molar-refractivity contribution in [2.24, 2.45) is 0 Å². The third-order valence-electron chi connectivity index (χ3n) is 6.54. The van der Waals surface area contributed by atoms with E-state index in [0.717, 1.165) is 51.3 Å². The lowest BCUT2D eigenvalue weighted by molar-refractivity contribution is 0.153. The van der Waals surface area contributed by atoms with Gasteiger partial charge in [-0.2, -0.15) is 0 Å². The van der Waals surface area contributed by atoms with Gasteiger partial charge >= 0.3 is 0 Å². The lowest BCUT2D eigenvalue weighted by Crippen LogP contribution is -2.46. The zero-order chi connectivity index (χ0) is 21.9. The monoisotopic (exact) mass is 433 g/mol. The molecule has 3 heterocycles. The second-order valence-electron chi connectivity index (χ2n) is 8.44. The molecule has 5 rings (SSSR count). The van der Waals surface area contributed by atoms with Crippen LogP contribution in [0, 0.1) is 5.82 Å². The highest BCUT2D eigenvalue weighted by Gasteiger charge is 2.27. The predicted molar refractivity (Wildman–Crippen MR) is 124 cm³/mol. The fraction of sp³-hybridized carbons (Fsp3) is 0.360. The largest absolute Gasteiger partial charge is 0.495 e. The molecule has 0 unspecified atom stereocenters. The molecule has 6 nitrogen and oxygen atoms in total. The number of benzene rings is 2. The second kappa shape index (κ2) is 9.12. The molecule has 2 aliphatic rings. The summed E-state index contributed by atoms with van der Waals surface area (Å²) in [5.41, 5.74) is 3.51. The molecule has 1 fully saturated rings. The minimum atomic E-state index is -0.329. The number of halogens is 1. The zero-order valence-electron chi connectivity index (χ0n) is 18.3. The minimum absolute atomic E-state index is 0.329. The van der Waals surface area contributed by atoms with Crippen LogP contribution in [0.5, 0.6) is 5.75 Å². The zero-order valence-corrected chi connectivity index (χ0v) is 18.3. The quantitative estimate of drug-likeness (QED) is 0.644. The second-order valence-corrected chi connectivity index (χ2v) is 8.44. The van der Waals surface area contributed by atoms with E-state index in [1.165, 1.54) is 23.3 Å². The summed E-state index contributed by atoms with van der Waals surface area (Å²) in [5.74, 6) is 1.74. The maximum Gasteiger partial charge on any atom is 0.142 e. The number of methoxy groups -OCH3 is 1. The Balaban J connectivity index is 1.23. The Labute approximate surface area is 188 Å². The number of nitrogens with zero attached hydrogens (tertiary/aromatic N) is 4. The van der Waals surface area contributed by atoms with Crippen molar-refractivity contribution in [3.05, 3.63) is 71.8 Å². The molecule has 0 aliphatic carbocycles.